The minimum Gasteiger partial charge on any atom is -0.492 e. The molecule has 1 aromatic carbocycles. The lowest BCUT2D eigenvalue weighted by Gasteiger charge is -2.36. The zero-order valence-corrected chi connectivity index (χ0v) is 18.4. The molecular formula is C21H21BrN4O2S. The van der Waals surface area contributed by atoms with Gasteiger partial charge in [-0.3, -0.25) is 4.90 Å². The molecule has 1 atom stereocenters. The molecular weight excluding hydrogens is 452 g/mol. The highest BCUT2D eigenvalue weighted by Gasteiger charge is 2.31. The highest BCUT2D eigenvalue weighted by atomic mass is 79.9. The minimum absolute atomic E-state index is 0.0273. The molecule has 0 spiro atoms. The minimum atomic E-state index is -0.0273. The van der Waals surface area contributed by atoms with Gasteiger partial charge in [0.25, 0.3) is 0 Å². The topological polar surface area (TPSA) is 66.8 Å². The predicted molar refractivity (Wildman–Crippen MR) is 116 cm³/mol. The van der Waals surface area contributed by atoms with Crippen LogP contribution in [0.15, 0.2) is 51.6 Å². The third-order valence-electron chi connectivity index (χ3n) is 5.54. The van der Waals surface area contributed by atoms with Crippen molar-refractivity contribution in [1.29, 1.82) is 0 Å². The number of nitrogens with zero attached hydrogens (tertiary/aromatic N) is 4. The Bertz CT molecular complexity index is 1130. The molecule has 0 aliphatic carbocycles. The van der Waals surface area contributed by atoms with E-state index >= 15 is 0 Å². The fraction of sp³-hybridized carbons (Fsp3) is 0.333. The zero-order chi connectivity index (χ0) is 20.0. The summed E-state index contributed by atoms with van der Waals surface area (Å²) >= 11 is 5.08. The first-order valence-corrected chi connectivity index (χ1v) is 11.3. The molecule has 0 saturated carbocycles. The number of rotatable bonds is 4. The standard InChI is InChI=1S/C21H21BrN4O2S/c1-13-7-9-25(10-8-13)17(14-4-2-5-15(22)12-14)18-20(27)26-21(29-18)23-19(24-26)16-6-3-11-28-16/h2-6,11-13,17,27H,7-10H2,1H3/t17-/m0/s1. The number of hydrogen-bond acceptors (Lipinski definition) is 6. The zero-order valence-electron chi connectivity index (χ0n) is 16.0. The maximum absolute atomic E-state index is 11.1. The smallest absolute Gasteiger partial charge is 0.230 e. The highest BCUT2D eigenvalue weighted by molar-refractivity contribution is 9.10. The van der Waals surface area contributed by atoms with Crippen LogP contribution < -0.4 is 0 Å². The van der Waals surface area contributed by atoms with Crippen LogP contribution in [0.3, 0.4) is 0 Å². The molecule has 1 fully saturated rings. The van der Waals surface area contributed by atoms with Gasteiger partial charge in [-0.15, -0.1) is 5.10 Å². The van der Waals surface area contributed by atoms with Crippen molar-refractivity contribution in [3.63, 3.8) is 0 Å². The Kier molecular flexibility index (Phi) is 4.93. The van der Waals surface area contributed by atoms with Crippen LogP contribution in [0.5, 0.6) is 5.88 Å². The van der Waals surface area contributed by atoms with Crippen molar-refractivity contribution in [3.8, 4) is 17.5 Å². The molecule has 0 unspecified atom stereocenters. The Labute approximate surface area is 180 Å². The van der Waals surface area contributed by atoms with Gasteiger partial charge in [0.05, 0.1) is 17.2 Å². The van der Waals surface area contributed by atoms with Crippen molar-refractivity contribution in [1.82, 2.24) is 19.5 Å². The van der Waals surface area contributed by atoms with E-state index in [0.717, 1.165) is 46.8 Å². The number of benzene rings is 1. The van der Waals surface area contributed by atoms with E-state index in [0.29, 0.717) is 16.5 Å². The fourth-order valence-electron chi connectivity index (χ4n) is 3.93. The third-order valence-corrected chi connectivity index (χ3v) is 7.10. The quantitative estimate of drug-likeness (QED) is 0.434. The summed E-state index contributed by atoms with van der Waals surface area (Å²) in [6, 6.07) is 11.9. The third kappa shape index (κ3) is 3.49. The van der Waals surface area contributed by atoms with Gasteiger partial charge in [0.1, 0.15) is 0 Å². The van der Waals surface area contributed by atoms with Crippen LogP contribution in [0.2, 0.25) is 0 Å². The van der Waals surface area contributed by atoms with E-state index in [2.05, 4.69) is 50.0 Å². The van der Waals surface area contributed by atoms with Gasteiger partial charge in [-0.1, -0.05) is 46.3 Å². The first-order valence-electron chi connectivity index (χ1n) is 9.72. The Morgan fingerprint density at radius 1 is 1.24 bits per heavy atom. The molecule has 0 bridgehead atoms. The first kappa shape index (κ1) is 18.8. The van der Waals surface area contributed by atoms with Crippen LogP contribution in [0.4, 0.5) is 0 Å². The van der Waals surface area contributed by atoms with E-state index in [9.17, 15) is 5.11 Å². The fourth-order valence-corrected chi connectivity index (χ4v) is 5.46. The Morgan fingerprint density at radius 2 is 2.07 bits per heavy atom. The average molecular weight is 473 g/mol. The number of halogens is 1. The molecule has 1 saturated heterocycles. The lowest BCUT2D eigenvalue weighted by Crippen LogP contribution is -2.36. The molecule has 29 heavy (non-hydrogen) atoms. The van der Waals surface area contributed by atoms with Gasteiger partial charge in [-0.2, -0.15) is 9.50 Å². The molecule has 4 aromatic rings. The summed E-state index contributed by atoms with van der Waals surface area (Å²) in [4.78, 5) is 8.57. The number of aromatic nitrogens is 3. The van der Waals surface area contributed by atoms with E-state index in [-0.39, 0.29) is 11.9 Å². The van der Waals surface area contributed by atoms with Crippen LogP contribution in [-0.2, 0) is 0 Å². The number of fused-ring (bicyclic) bond motifs is 1. The van der Waals surface area contributed by atoms with Crippen LogP contribution in [-0.4, -0.2) is 37.7 Å². The maximum atomic E-state index is 11.1. The van der Waals surface area contributed by atoms with Gasteiger partial charge in [0.15, 0.2) is 5.76 Å². The van der Waals surface area contributed by atoms with E-state index in [4.69, 9.17) is 4.42 Å². The Balaban J connectivity index is 1.59. The summed E-state index contributed by atoms with van der Waals surface area (Å²) in [6.45, 7) is 4.31. The number of hydrogen-bond donors (Lipinski definition) is 1. The number of piperidine rings is 1. The van der Waals surface area contributed by atoms with E-state index in [1.165, 1.54) is 15.9 Å². The summed E-state index contributed by atoms with van der Waals surface area (Å²) in [5.74, 6) is 1.96. The number of thiazole rings is 1. The van der Waals surface area contributed by atoms with Crippen molar-refractivity contribution < 1.29 is 9.52 Å². The molecule has 1 aliphatic heterocycles. The van der Waals surface area contributed by atoms with E-state index in [1.54, 1.807) is 12.3 Å². The second kappa shape index (κ2) is 7.59. The molecule has 1 N–H and O–H groups in total. The highest BCUT2D eigenvalue weighted by Crippen LogP contribution is 2.42. The van der Waals surface area contributed by atoms with Crippen molar-refractivity contribution in [2.24, 2.45) is 5.92 Å². The van der Waals surface area contributed by atoms with Crippen molar-refractivity contribution in [2.75, 3.05) is 13.1 Å². The van der Waals surface area contributed by atoms with Gasteiger partial charge in [0, 0.05) is 4.47 Å². The van der Waals surface area contributed by atoms with Gasteiger partial charge < -0.3 is 9.52 Å². The second-order valence-electron chi connectivity index (χ2n) is 7.57. The van der Waals surface area contributed by atoms with E-state index < -0.39 is 0 Å². The van der Waals surface area contributed by atoms with Crippen LogP contribution in [0, 0.1) is 5.92 Å². The first-order chi connectivity index (χ1) is 14.1. The largest absolute Gasteiger partial charge is 0.492 e. The normalized spacial score (nSPS) is 17.2. The Hall–Kier alpha value is -2.16. The summed E-state index contributed by atoms with van der Waals surface area (Å²) < 4.78 is 7.95. The monoisotopic (exact) mass is 472 g/mol. The number of likely N-dealkylation sites (tertiary alicyclic amines) is 1. The van der Waals surface area contributed by atoms with Crippen LogP contribution >= 0.6 is 27.3 Å². The average Bonchev–Trinajstić information content (AvgIpc) is 3.43. The number of aromatic hydroxyl groups is 1. The Morgan fingerprint density at radius 3 is 2.76 bits per heavy atom. The van der Waals surface area contributed by atoms with Gasteiger partial charge in [0.2, 0.25) is 16.7 Å². The van der Waals surface area contributed by atoms with Crippen molar-refractivity contribution in [3.05, 3.63) is 57.6 Å². The number of furan rings is 1. The molecule has 0 amide bonds. The van der Waals surface area contributed by atoms with Crippen molar-refractivity contribution in [2.45, 2.75) is 25.8 Å². The lowest BCUT2D eigenvalue weighted by atomic mass is 9.95. The van der Waals surface area contributed by atoms with Crippen LogP contribution in [0.1, 0.15) is 36.2 Å². The molecule has 1 aliphatic rings. The molecule has 0 radical (unpaired) electrons. The van der Waals surface area contributed by atoms with Gasteiger partial charge in [-0.05, 0) is 61.7 Å². The second-order valence-corrected chi connectivity index (χ2v) is 9.50. The van der Waals surface area contributed by atoms with Crippen molar-refractivity contribution >= 4 is 32.2 Å². The van der Waals surface area contributed by atoms with Gasteiger partial charge >= 0.3 is 0 Å². The van der Waals surface area contributed by atoms with Crippen LogP contribution in [0.25, 0.3) is 16.5 Å². The summed E-state index contributed by atoms with van der Waals surface area (Å²) in [6.07, 6.45) is 3.92. The summed E-state index contributed by atoms with van der Waals surface area (Å²) in [7, 11) is 0. The van der Waals surface area contributed by atoms with Gasteiger partial charge in [-0.25, -0.2) is 0 Å². The SMILES string of the molecule is CC1CCN([C@@H](c2cccc(Br)c2)c2sc3nc(-c4ccco4)nn3c2O)CC1. The summed E-state index contributed by atoms with van der Waals surface area (Å²) in [5, 5.41) is 15.6. The molecule has 4 heterocycles. The predicted octanol–water partition coefficient (Wildman–Crippen LogP) is 5.34. The lowest BCUT2D eigenvalue weighted by molar-refractivity contribution is 0.157. The van der Waals surface area contributed by atoms with E-state index in [1.807, 2.05) is 18.2 Å². The maximum Gasteiger partial charge on any atom is 0.230 e. The molecule has 8 heteroatoms. The summed E-state index contributed by atoms with van der Waals surface area (Å²) in [5.41, 5.74) is 1.15. The molecule has 3 aromatic heterocycles. The molecule has 150 valence electrons. The molecule has 5 rings (SSSR count). The molecule has 6 nitrogen and oxygen atoms in total.